The van der Waals surface area contributed by atoms with E-state index in [1.807, 2.05) is 0 Å². The number of halogens is 3. The van der Waals surface area contributed by atoms with E-state index in [1.165, 1.54) is 6.07 Å². The Kier molecular flexibility index (Phi) is 5.05. The molecule has 0 aliphatic heterocycles. The second-order valence-electron chi connectivity index (χ2n) is 4.00. The van der Waals surface area contributed by atoms with Crippen LogP contribution in [0.2, 0.25) is 10.0 Å². The van der Waals surface area contributed by atoms with Crippen molar-refractivity contribution in [1.29, 1.82) is 0 Å². The minimum absolute atomic E-state index is 0.0157. The fourth-order valence-electron chi connectivity index (χ4n) is 1.59. The Bertz CT molecular complexity index is 709. The molecule has 0 heterocycles. The van der Waals surface area contributed by atoms with Gasteiger partial charge in [-0.3, -0.25) is 10.1 Å². The van der Waals surface area contributed by atoms with Gasteiger partial charge in [0.1, 0.15) is 5.75 Å². The molecule has 0 amide bonds. The zero-order valence-electron chi connectivity index (χ0n) is 10.3. The van der Waals surface area contributed by atoms with Crippen LogP contribution < -0.4 is 4.74 Å². The first-order chi connectivity index (χ1) is 9.92. The Balaban J connectivity index is 2.41. The molecule has 5 nitrogen and oxygen atoms in total. The molecule has 2 rings (SSSR count). The van der Waals surface area contributed by atoms with Crippen molar-refractivity contribution in [3.05, 3.63) is 60.5 Å². The van der Waals surface area contributed by atoms with Gasteiger partial charge in [-0.15, -0.1) is 0 Å². The van der Waals surface area contributed by atoms with Crippen LogP contribution >= 0.6 is 39.1 Å². The first-order valence-electron chi connectivity index (χ1n) is 5.63. The zero-order valence-corrected chi connectivity index (χ0v) is 13.4. The van der Waals surface area contributed by atoms with Crippen molar-refractivity contribution in [2.24, 2.45) is 0 Å². The highest BCUT2D eigenvalue weighted by molar-refractivity contribution is 9.10. The third-order valence-corrected chi connectivity index (χ3v) is 4.08. The van der Waals surface area contributed by atoms with Crippen molar-refractivity contribution in [2.45, 2.75) is 6.61 Å². The molecule has 0 aromatic heterocycles. The standard InChI is InChI=1S/C13H8BrCl2NO4/c14-9-3-8(2-1-7(9)6-18)21-13-5-11(16)10(15)4-12(13)17(19)20/h1-5,18H,6H2. The van der Waals surface area contributed by atoms with Gasteiger partial charge in [0.05, 0.1) is 21.6 Å². The molecule has 0 radical (unpaired) electrons. The molecule has 110 valence electrons. The van der Waals surface area contributed by atoms with Crippen LogP contribution in [0.5, 0.6) is 11.5 Å². The van der Waals surface area contributed by atoms with Crippen molar-refractivity contribution < 1.29 is 14.8 Å². The van der Waals surface area contributed by atoms with E-state index < -0.39 is 4.92 Å². The summed E-state index contributed by atoms with van der Waals surface area (Å²) in [5.74, 6) is 0.346. The Morgan fingerprint density at radius 2 is 1.90 bits per heavy atom. The monoisotopic (exact) mass is 391 g/mol. The predicted octanol–water partition coefficient (Wildman–Crippen LogP) is 4.95. The van der Waals surface area contributed by atoms with Crippen molar-refractivity contribution in [3.8, 4) is 11.5 Å². The van der Waals surface area contributed by atoms with Crippen molar-refractivity contribution in [2.75, 3.05) is 0 Å². The van der Waals surface area contributed by atoms with Gasteiger partial charge in [-0.1, -0.05) is 45.2 Å². The third-order valence-electron chi connectivity index (χ3n) is 2.62. The van der Waals surface area contributed by atoms with Crippen LogP contribution in [0.1, 0.15) is 5.56 Å². The summed E-state index contributed by atoms with van der Waals surface area (Å²) in [6.07, 6.45) is 0. The number of hydrogen-bond acceptors (Lipinski definition) is 4. The quantitative estimate of drug-likeness (QED) is 0.590. The average Bonchev–Trinajstić information content (AvgIpc) is 2.42. The normalized spacial score (nSPS) is 10.5. The number of rotatable bonds is 4. The lowest BCUT2D eigenvalue weighted by atomic mass is 10.2. The summed E-state index contributed by atoms with van der Waals surface area (Å²) in [5.41, 5.74) is 0.387. The number of benzene rings is 2. The van der Waals surface area contributed by atoms with Gasteiger partial charge in [-0.05, 0) is 17.7 Å². The predicted molar refractivity (Wildman–Crippen MR) is 83.3 cm³/mol. The van der Waals surface area contributed by atoms with Crippen molar-refractivity contribution in [1.82, 2.24) is 0 Å². The van der Waals surface area contributed by atoms with Gasteiger partial charge in [0.15, 0.2) is 0 Å². The van der Waals surface area contributed by atoms with Crippen LogP contribution in [0.3, 0.4) is 0 Å². The third kappa shape index (κ3) is 3.65. The number of ether oxygens (including phenoxy) is 1. The summed E-state index contributed by atoms with van der Waals surface area (Å²) in [6, 6.07) is 7.25. The molecule has 8 heteroatoms. The lowest BCUT2D eigenvalue weighted by Gasteiger charge is -2.09. The number of aliphatic hydroxyl groups is 1. The van der Waals surface area contributed by atoms with E-state index >= 15 is 0 Å². The van der Waals surface area contributed by atoms with Gasteiger partial charge in [0.25, 0.3) is 0 Å². The highest BCUT2D eigenvalue weighted by Crippen LogP contribution is 2.38. The van der Waals surface area contributed by atoms with Gasteiger partial charge in [-0.2, -0.15) is 0 Å². The highest BCUT2D eigenvalue weighted by atomic mass is 79.9. The molecule has 1 N–H and O–H groups in total. The molecule has 0 bridgehead atoms. The minimum atomic E-state index is -0.603. The SMILES string of the molecule is O=[N+]([O-])c1cc(Cl)c(Cl)cc1Oc1ccc(CO)c(Br)c1. The number of nitro benzene ring substituents is 1. The molecule has 0 aliphatic rings. The van der Waals surface area contributed by atoms with Crippen molar-refractivity contribution in [3.63, 3.8) is 0 Å². The lowest BCUT2D eigenvalue weighted by Crippen LogP contribution is -1.94. The Labute approximate surface area is 138 Å². The zero-order chi connectivity index (χ0) is 15.6. The number of aliphatic hydroxyl groups excluding tert-OH is 1. The van der Waals surface area contributed by atoms with E-state index in [9.17, 15) is 10.1 Å². The second kappa shape index (κ2) is 6.62. The summed E-state index contributed by atoms with van der Waals surface area (Å²) in [5, 5.41) is 20.3. The Hall–Kier alpha value is -1.34. The van der Waals surface area contributed by atoms with Gasteiger partial charge in [0, 0.05) is 16.6 Å². The largest absolute Gasteiger partial charge is 0.450 e. The van der Waals surface area contributed by atoms with E-state index in [0.29, 0.717) is 15.8 Å². The molecule has 0 unspecified atom stereocenters. The Morgan fingerprint density at radius 3 is 2.48 bits per heavy atom. The smallest absolute Gasteiger partial charge is 0.313 e. The summed E-state index contributed by atoms with van der Waals surface area (Å²) in [4.78, 5) is 10.4. The van der Waals surface area contributed by atoms with Crippen LogP contribution in [0.15, 0.2) is 34.8 Å². The summed E-state index contributed by atoms with van der Waals surface area (Å²) in [6.45, 7) is -0.131. The lowest BCUT2D eigenvalue weighted by molar-refractivity contribution is -0.385. The fraction of sp³-hybridized carbons (Fsp3) is 0.0769. The molecule has 21 heavy (non-hydrogen) atoms. The van der Waals surface area contributed by atoms with Gasteiger partial charge in [0.2, 0.25) is 5.75 Å². The molecule has 0 fully saturated rings. The molecule has 0 atom stereocenters. The maximum absolute atomic E-state index is 11.0. The highest BCUT2D eigenvalue weighted by Gasteiger charge is 2.19. The molecular formula is C13H8BrCl2NO4. The minimum Gasteiger partial charge on any atom is -0.450 e. The van der Waals surface area contributed by atoms with Gasteiger partial charge < -0.3 is 9.84 Å². The van der Waals surface area contributed by atoms with E-state index in [1.54, 1.807) is 18.2 Å². The fourth-order valence-corrected chi connectivity index (χ4v) is 2.38. The van der Waals surface area contributed by atoms with Crippen LogP contribution in [0.25, 0.3) is 0 Å². The molecule has 0 saturated carbocycles. The average molecular weight is 393 g/mol. The first-order valence-corrected chi connectivity index (χ1v) is 7.18. The molecule has 0 saturated heterocycles. The van der Waals surface area contributed by atoms with Crippen molar-refractivity contribution >= 4 is 44.8 Å². The number of nitrogens with zero attached hydrogens (tertiary/aromatic N) is 1. The van der Waals surface area contributed by atoms with E-state index in [-0.39, 0.29) is 28.1 Å². The van der Waals surface area contributed by atoms with Crippen LogP contribution in [0.4, 0.5) is 5.69 Å². The van der Waals surface area contributed by atoms with E-state index in [4.69, 9.17) is 33.0 Å². The van der Waals surface area contributed by atoms with Gasteiger partial charge >= 0.3 is 5.69 Å². The summed E-state index contributed by atoms with van der Waals surface area (Å²) < 4.78 is 6.12. The number of nitro groups is 1. The molecular weight excluding hydrogens is 385 g/mol. The van der Waals surface area contributed by atoms with Crippen LogP contribution in [-0.4, -0.2) is 10.0 Å². The van der Waals surface area contributed by atoms with Gasteiger partial charge in [-0.25, -0.2) is 0 Å². The molecule has 0 aliphatic carbocycles. The molecule has 2 aromatic rings. The van der Waals surface area contributed by atoms with Crippen LogP contribution in [-0.2, 0) is 6.61 Å². The summed E-state index contributed by atoms with van der Waals surface area (Å²) in [7, 11) is 0. The van der Waals surface area contributed by atoms with E-state index in [0.717, 1.165) is 6.07 Å². The maximum Gasteiger partial charge on any atom is 0.313 e. The second-order valence-corrected chi connectivity index (χ2v) is 5.67. The maximum atomic E-state index is 11.0. The number of hydrogen-bond donors (Lipinski definition) is 1. The topological polar surface area (TPSA) is 72.6 Å². The Morgan fingerprint density at radius 1 is 1.24 bits per heavy atom. The van der Waals surface area contributed by atoms with Crippen LogP contribution in [0, 0.1) is 10.1 Å². The van der Waals surface area contributed by atoms with E-state index in [2.05, 4.69) is 15.9 Å². The summed E-state index contributed by atoms with van der Waals surface area (Å²) >= 11 is 14.9. The first kappa shape index (κ1) is 16.0. The molecule has 0 spiro atoms. The molecule has 2 aromatic carbocycles.